The summed E-state index contributed by atoms with van der Waals surface area (Å²) in [5, 5.41) is 6.00. The lowest BCUT2D eigenvalue weighted by Crippen LogP contribution is -1.97. The lowest BCUT2D eigenvalue weighted by molar-refractivity contribution is 0.619. The molecule has 3 N–H and O–H groups in total. The standard InChI is InChI=1S/C17H18FI.CH4N2S/c1-11-8-12(2)15(6-7-19)16(9-11)14-4-5-17(18)13(3)10-14;2-1(3)4/h4-5,8-10H,6-7H2,1-3H3;(H4,2,3,4). The normalized spacial score (nSPS) is 10.0. The van der Waals surface area contributed by atoms with Crippen LogP contribution in [0.25, 0.3) is 11.1 Å². The number of nitrogens with one attached hydrogen (secondary N) is 1. The third kappa shape index (κ3) is 6.14. The molecular weight excluding hydrogens is 422 g/mol. The average Bonchev–Trinajstić information content (AvgIpc) is 2.44. The fourth-order valence-corrected chi connectivity index (χ4v) is 3.03. The van der Waals surface area contributed by atoms with E-state index < -0.39 is 0 Å². The van der Waals surface area contributed by atoms with Crippen LogP contribution in [0.5, 0.6) is 0 Å². The molecule has 0 aliphatic carbocycles. The molecule has 0 spiro atoms. The predicted molar refractivity (Wildman–Crippen MR) is 110 cm³/mol. The molecule has 0 amide bonds. The molecule has 0 fully saturated rings. The van der Waals surface area contributed by atoms with Gasteiger partial charge in [-0.15, -0.1) is 12.6 Å². The molecule has 2 rings (SSSR count). The molecule has 0 saturated carbocycles. The van der Waals surface area contributed by atoms with E-state index in [4.69, 9.17) is 5.41 Å². The molecule has 0 unspecified atom stereocenters. The monoisotopic (exact) mass is 444 g/mol. The average molecular weight is 444 g/mol. The van der Waals surface area contributed by atoms with E-state index in [0.717, 1.165) is 16.4 Å². The number of aryl methyl sites for hydroxylation is 3. The lowest BCUT2D eigenvalue weighted by Gasteiger charge is -2.14. The molecule has 2 aromatic rings. The summed E-state index contributed by atoms with van der Waals surface area (Å²) < 4.78 is 14.5. The van der Waals surface area contributed by atoms with E-state index in [2.05, 4.69) is 66.9 Å². The van der Waals surface area contributed by atoms with E-state index in [-0.39, 0.29) is 11.0 Å². The van der Waals surface area contributed by atoms with Gasteiger partial charge in [0, 0.05) is 4.43 Å². The van der Waals surface area contributed by atoms with Crippen LogP contribution in [-0.2, 0) is 6.42 Å². The number of hydrogen-bond acceptors (Lipinski definition) is 1. The number of thiol groups is 1. The van der Waals surface area contributed by atoms with Crippen LogP contribution in [0.3, 0.4) is 0 Å². The van der Waals surface area contributed by atoms with Crippen LogP contribution < -0.4 is 5.73 Å². The van der Waals surface area contributed by atoms with E-state index in [1.165, 1.54) is 22.3 Å². The quantitative estimate of drug-likeness (QED) is 0.197. The second-order valence-corrected chi connectivity index (χ2v) is 6.96. The van der Waals surface area contributed by atoms with Crippen LogP contribution in [0.1, 0.15) is 22.3 Å². The lowest BCUT2D eigenvalue weighted by atomic mass is 9.91. The molecular formula is C18H22FIN2S. The van der Waals surface area contributed by atoms with Gasteiger partial charge in [0.05, 0.1) is 0 Å². The first kappa shape index (κ1) is 20.0. The summed E-state index contributed by atoms with van der Waals surface area (Å²) in [6.07, 6.45) is 1.05. The third-order valence-electron chi connectivity index (χ3n) is 3.43. The van der Waals surface area contributed by atoms with Gasteiger partial charge in [-0.1, -0.05) is 46.4 Å². The maximum atomic E-state index is 13.4. The number of benzene rings is 2. The number of hydrogen-bond donors (Lipinski definition) is 3. The van der Waals surface area contributed by atoms with Gasteiger partial charge in [0.1, 0.15) is 11.0 Å². The minimum absolute atomic E-state index is 0.136. The van der Waals surface area contributed by atoms with E-state index in [0.29, 0.717) is 5.56 Å². The summed E-state index contributed by atoms with van der Waals surface area (Å²) in [4.78, 5) is 0. The highest BCUT2D eigenvalue weighted by Gasteiger charge is 2.10. The fraction of sp³-hybridized carbons (Fsp3) is 0.278. The van der Waals surface area contributed by atoms with Gasteiger partial charge in [-0.3, -0.25) is 5.41 Å². The van der Waals surface area contributed by atoms with Crippen LogP contribution >= 0.6 is 35.2 Å². The van der Waals surface area contributed by atoms with Gasteiger partial charge >= 0.3 is 0 Å². The molecule has 0 atom stereocenters. The first-order valence-corrected chi connectivity index (χ1v) is 9.19. The van der Waals surface area contributed by atoms with Crippen molar-refractivity contribution in [3.8, 4) is 11.1 Å². The van der Waals surface area contributed by atoms with Gasteiger partial charge in [0.2, 0.25) is 0 Å². The molecule has 0 bridgehead atoms. The smallest absolute Gasteiger partial charge is 0.147 e. The Morgan fingerprint density at radius 2 is 1.78 bits per heavy atom. The minimum Gasteiger partial charge on any atom is -0.379 e. The molecule has 0 aliphatic rings. The molecule has 124 valence electrons. The second-order valence-electron chi connectivity index (χ2n) is 5.40. The number of halogens is 2. The van der Waals surface area contributed by atoms with Crippen molar-refractivity contribution in [3.05, 3.63) is 58.4 Å². The van der Waals surface area contributed by atoms with Crippen molar-refractivity contribution in [1.82, 2.24) is 0 Å². The highest BCUT2D eigenvalue weighted by Crippen LogP contribution is 2.29. The Morgan fingerprint density at radius 3 is 2.30 bits per heavy atom. The van der Waals surface area contributed by atoms with Gasteiger partial charge in [0.15, 0.2) is 0 Å². The van der Waals surface area contributed by atoms with Crippen LogP contribution in [-0.4, -0.2) is 9.60 Å². The third-order valence-corrected chi connectivity index (χ3v) is 3.97. The van der Waals surface area contributed by atoms with Gasteiger partial charge in [0.25, 0.3) is 0 Å². The summed E-state index contributed by atoms with van der Waals surface area (Å²) in [7, 11) is 0. The Labute approximate surface area is 156 Å². The molecule has 0 aliphatic heterocycles. The van der Waals surface area contributed by atoms with Crippen molar-refractivity contribution >= 4 is 40.4 Å². The number of amidine groups is 1. The maximum absolute atomic E-state index is 13.4. The largest absolute Gasteiger partial charge is 0.379 e. The Hall–Kier alpha value is -1.08. The van der Waals surface area contributed by atoms with Crippen LogP contribution in [0.15, 0.2) is 30.3 Å². The van der Waals surface area contributed by atoms with Crippen LogP contribution in [0.2, 0.25) is 0 Å². The molecule has 2 nitrogen and oxygen atoms in total. The topological polar surface area (TPSA) is 49.9 Å². The van der Waals surface area contributed by atoms with Crippen molar-refractivity contribution < 1.29 is 4.39 Å². The molecule has 0 aromatic heterocycles. The molecule has 23 heavy (non-hydrogen) atoms. The number of rotatable bonds is 3. The van der Waals surface area contributed by atoms with Gasteiger partial charge in [-0.05, 0) is 67.1 Å². The Bertz CT molecular complexity index is 698. The molecule has 0 radical (unpaired) electrons. The SMILES string of the molecule is Cc1cc(C)c(CCI)c(-c2ccc(F)c(C)c2)c1.N=C(N)S. The van der Waals surface area contributed by atoms with Gasteiger partial charge in [-0.2, -0.15) is 0 Å². The van der Waals surface area contributed by atoms with Gasteiger partial charge < -0.3 is 5.73 Å². The Balaban J connectivity index is 0.000000593. The summed E-state index contributed by atoms with van der Waals surface area (Å²) >= 11 is 5.73. The van der Waals surface area contributed by atoms with Crippen molar-refractivity contribution in [1.29, 1.82) is 5.41 Å². The summed E-state index contributed by atoms with van der Waals surface area (Å²) in [6.45, 7) is 6.09. The van der Waals surface area contributed by atoms with Gasteiger partial charge in [-0.25, -0.2) is 4.39 Å². The van der Waals surface area contributed by atoms with Crippen molar-refractivity contribution in [2.75, 3.05) is 4.43 Å². The number of nitrogens with two attached hydrogens (primary N) is 1. The first-order valence-electron chi connectivity index (χ1n) is 7.21. The summed E-state index contributed by atoms with van der Waals surface area (Å²) in [6, 6.07) is 9.83. The van der Waals surface area contributed by atoms with Crippen molar-refractivity contribution in [2.24, 2.45) is 5.73 Å². The molecule has 0 heterocycles. The maximum Gasteiger partial charge on any atom is 0.147 e. The van der Waals surface area contributed by atoms with E-state index in [1.807, 2.05) is 19.1 Å². The second kappa shape index (κ2) is 9.27. The van der Waals surface area contributed by atoms with Crippen molar-refractivity contribution in [2.45, 2.75) is 27.2 Å². The van der Waals surface area contributed by atoms with Crippen LogP contribution in [0, 0.1) is 32.0 Å². The highest BCUT2D eigenvalue weighted by molar-refractivity contribution is 14.1. The van der Waals surface area contributed by atoms with E-state index >= 15 is 0 Å². The Morgan fingerprint density at radius 1 is 1.17 bits per heavy atom. The number of alkyl halides is 1. The van der Waals surface area contributed by atoms with E-state index in [9.17, 15) is 4.39 Å². The van der Waals surface area contributed by atoms with E-state index in [1.54, 1.807) is 6.07 Å². The zero-order valence-electron chi connectivity index (χ0n) is 13.6. The molecule has 5 heteroatoms. The summed E-state index contributed by atoms with van der Waals surface area (Å²) in [5.41, 5.74) is 11.6. The first-order chi connectivity index (χ1) is 10.8. The van der Waals surface area contributed by atoms with Crippen LogP contribution in [0.4, 0.5) is 4.39 Å². The minimum atomic E-state index is -0.139. The molecule has 2 aromatic carbocycles. The zero-order chi connectivity index (χ0) is 17.6. The fourth-order valence-electron chi connectivity index (χ4n) is 2.49. The Kier molecular flexibility index (Phi) is 8.05. The zero-order valence-corrected chi connectivity index (χ0v) is 16.6. The highest BCUT2D eigenvalue weighted by atomic mass is 127. The van der Waals surface area contributed by atoms with Crippen molar-refractivity contribution in [3.63, 3.8) is 0 Å². The molecule has 0 saturated heterocycles. The predicted octanol–water partition coefficient (Wildman–Crippen LogP) is 5.21. The summed E-state index contributed by atoms with van der Waals surface area (Å²) in [5.74, 6) is -0.136.